The standard InChI is InChI=1S/C15H17N3O4S/c1-21-14(20)4-2-3-8-16-12(19)5-6-13-17-15(18-22-13)11-7-9-23-10-11/h2,4,7,9-10H,3,5-6,8H2,1H3,(H,16,19)/b4-2+. The van der Waals surface area contributed by atoms with Crippen LogP contribution in [-0.4, -0.2) is 35.7 Å². The number of amides is 1. The van der Waals surface area contributed by atoms with Crippen LogP contribution in [0.4, 0.5) is 0 Å². The van der Waals surface area contributed by atoms with Crippen molar-refractivity contribution in [1.29, 1.82) is 0 Å². The van der Waals surface area contributed by atoms with Gasteiger partial charge in [-0.15, -0.1) is 0 Å². The first-order valence-corrected chi connectivity index (χ1v) is 7.99. The number of ether oxygens (including phenoxy) is 1. The van der Waals surface area contributed by atoms with E-state index in [0.29, 0.717) is 31.1 Å². The molecule has 1 N–H and O–H groups in total. The Hall–Kier alpha value is -2.48. The maximum atomic E-state index is 11.7. The Balaban J connectivity index is 1.67. The summed E-state index contributed by atoms with van der Waals surface area (Å²) in [4.78, 5) is 26.8. The fourth-order valence-corrected chi connectivity index (χ4v) is 2.35. The van der Waals surface area contributed by atoms with Crippen molar-refractivity contribution in [2.45, 2.75) is 19.3 Å². The Morgan fingerprint density at radius 2 is 2.35 bits per heavy atom. The number of aryl methyl sites for hydroxylation is 1. The molecule has 0 saturated heterocycles. The topological polar surface area (TPSA) is 94.3 Å². The molecule has 0 fully saturated rings. The summed E-state index contributed by atoms with van der Waals surface area (Å²) in [6, 6.07) is 1.91. The smallest absolute Gasteiger partial charge is 0.330 e. The number of carbonyl (C=O) groups is 2. The van der Waals surface area contributed by atoms with E-state index in [-0.39, 0.29) is 12.3 Å². The molecule has 1 amide bonds. The van der Waals surface area contributed by atoms with Crippen LogP contribution in [0.3, 0.4) is 0 Å². The summed E-state index contributed by atoms with van der Waals surface area (Å²) in [5, 5.41) is 10.5. The van der Waals surface area contributed by atoms with E-state index in [4.69, 9.17) is 4.52 Å². The second-order valence-electron chi connectivity index (χ2n) is 4.59. The van der Waals surface area contributed by atoms with Crippen molar-refractivity contribution < 1.29 is 18.8 Å². The molecule has 0 aliphatic heterocycles. The summed E-state index contributed by atoms with van der Waals surface area (Å²) in [6.07, 6.45) is 4.20. The molecule has 7 nitrogen and oxygen atoms in total. The maximum Gasteiger partial charge on any atom is 0.330 e. The second-order valence-corrected chi connectivity index (χ2v) is 5.37. The largest absolute Gasteiger partial charge is 0.466 e. The van der Waals surface area contributed by atoms with E-state index in [1.807, 2.05) is 16.8 Å². The van der Waals surface area contributed by atoms with Gasteiger partial charge in [-0.1, -0.05) is 11.2 Å². The van der Waals surface area contributed by atoms with Crippen LogP contribution < -0.4 is 5.32 Å². The first-order chi connectivity index (χ1) is 11.2. The molecule has 0 radical (unpaired) electrons. The first kappa shape index (κ1) is 16.9. The lowest BCUT2D eigenvalue weighted by Gasteiger charge is -2.01. The summed E-state index contributed by atoms with van der Waals surface area (Å²) < 4.78 is 9.58. The fourth-order valence-electron chi connectivity index (χ4n) is 1.72. The number of nitrogens with zero attached hydrogens (tertiary/aromatic N) is 2. The molecular formula is C15H17N3O4S. The van der Waals surface area contributed by atoms with Gasteiger partial charge in [-0.05, 0) is 17.9 Å². The van der Waals surface area contributed by atoms with Gasteiger partial charge in [-0.25, -0.2) is 4.79 Å². The van der Waals surface area contributed by atoms with Crippen molar-refractivity contribution in [3.63, 3.8) is 0 Å². The van der Waals surface area contributed by atoms with Crippen molar-refractivity contribution in [2.24, 2.45) is 0 Å². The van der Waals surface area contributed by atoms with E-state index in [9.17, 15) is 9.59 Å². The minimum Gasteiger partial charge on any atom is -0.466 e. The van der Waals surface area contributed by atoms with E-state index in [1.54, 1.807) is 17.4 Å². The fraction of sp³-hybridized carbons (Fsp3) is 0.333. The summed E-state index contributed by atoms with van der Waals surface area (Å²) in [5.74, 6) is 0.461. The average Bonchev–Trinajstić information content (AvgIpc) is 3.23. The van der Waals surface area contributed by atoms with Gasteiger partial charge in [0.25, 0.3) is 0 Å². The van der Waals surface area contributed by atoms with Crippen LogP contribution in [0.1, 0.15) is 18.7 Å². The monoisotopic (exact) mass is 335 g/mol. The predicted molar refractivity (Wildman–Crippen MR) is 84.7 cm³/mol. The van der Waals surface area contributed by atoms with Crippen molar-refractivity contribution >= 4 is 23.2 Å². The van der Waals surface area contributed by atoms with Crippen LogP contribution in [0.5, 0.6) is 0 Å². The SMILES string of the molecule is COC(=O)/C=C/CCNC(=O)CCc1nc(-c2ccsc2)no1. The summed E-state index contributed by atoms with van der Waals surface area (Å²) in [7, 11) is 1.32. The van der Waals surface area contributed by atoms with Crippen LogP contribution in [0.15, 0.2) is 33.5 Å². The van der Waals surface area contributed by atoms with Crippen molar-refractivity contribution in [2.75, 3.05) is 13.7 Å². The zero-order chi connectivity index (χ0) is 16.5. The van der Waals surface area contributed by atoms with Crippen molar-refractivity contribution in [3.8, 4) is 11.4 Å². The van der Waals surface area contributed by atoms with Crippen molar-refractivity contribution in [1.82, 2.24) is 15.5 Å². The molecule has 0 spiro atoms. The van der Waals surface area contributed by atoms with Crippen LogP contribution in [0.2, 0.25) is 0 Å². The van der Waals surface area contributed by atoms with E-state index in [0.717, 1.165) is 5.56 Å². The van der Waals surface area contributed by atoms with Gasteiger partial charge in [0, 0.05) is 36.4 Å². The van der Waals surface area contributed by atoms with Gasteiger partial charge in [0.1, 0.15) is 0 Å². The lowest BCUT2D eigenvalue weighted by atomic mass is 10.3. The normalized spacial score (nSPS) is 10.8. The Morgan fingerprint density at radius 1 is 1.48 bits per heavy atom. The molecule has 23 heavy (non-hydrogen) atoms. The molecule has 2 heterocycles. The minimum absolute atomic E-state index is 0.105. The lowest BCUT2D eigenvalue weighted by Crippen LogP contribution is -2.24. The quantitative estimate of drug-likeness (QED) is 0.450. The molecule has 0 atom stereocenters. The summed E-state index contributed by atoms with van der Waals surface area (Å²) in [5.41, 5.74) is 0.909. The molecule has 0 aliphatic rings. The van der Waals surface area contributed by atoms with Gasteiger partial charge in [0.05, 0.1) is 7.11 Å². The third kappa shape index (κ3) is 5.67. The Kier molecular flexibility index (Phi) is 6.49. The number of aromatic nitrogens is 2. The van der Waals surface area contributed by atoms with Gasteiger partial charge >= 0.3 is 5.97 Å². The zero-order valence-corrected chi connectivity index (χ0v) is 13.5. The van der Waals surface area contributed by atoms with Gasteiger partial charge in [0.2, 0.25) is 17.6 Å². The molecule has 2 aromatic heterocycles. The number of thiophene rings is 1. The molecule has 0 saturated carbocycles. The summed E-state index contributed by atoms with van der Waals surface area (Å²) >= 11 is 1.56. The highest BCUT2D eigenvalue weighted by Gasteiger charge is 2.10. The lowest BCUT2D eigenvalue weighted by molar-refractivity contribution is -0.134. The number of rotatable bonds is 8. The molecule has 2 aromatic rings. The van der Waals surface area contributed by atoms with E-state index < -0.39 is 5.97 Å². The third-order valence-corrected chi connectivity index (χ3v) is 3.58. The van der Waals surface area contributed by atoms with Crippen molar-refractivity contribution in [3.05, 3.63) is 34.9 Å². The highest BCUT2D eigenvalue weighted by Crippen LogP contribution is 2.18. The van der Waals surface area contributed by atoms with E-state index in [1.165, 1.54) is 13.2 Å². The predicted octanol–water partition coefficient (Wildman–Crippen LogP) is 1.97. The average molecular weight is 335 g/mol. The molecule has 0 unspecified atom stereocenters. The molecule has 2 rings (SSSR count). The van der Waals surface area contributed by atoms with Gasteiger partial charge in [-0.2, -0.15) is 16.3 Å². The highest BCUT2D eigenvalue weighted by molar-refractivity contribution is 7.08. The molecular weight excluding hydrogens is 318 g/mol. The maximum absolute atomic E-state index is 11.7. The van der Waals surface area contributed by atoms with Crippen LogP contribution in [-0.2, 0) is 20.7 Å². The molecule has 8 heteroatoms. The summed E-state index contributed by atoms with van der Waals surface area (Å²) in [6.45, 7) is 0.455. The van der Waals surface area contributed by atoms with Crippen LogP contribution in [0, 0.1) is 0 Å². The number of nitrogens with one attached hydrogen (secondary N) is 1. The van der Waals surface area contributed by atoms with Gasteiger partial charge in [-0.3, -0.25) is 4.79 Å². The minimum atomic E-state index is -0.408. The number of esters is 1. The molecule has 0 aromatic carbocycles. The Bertz CT molecular complexity index is 664. The second kappa shape index (κ2) is 8.84. The van der Waals surface area contributed by atoms with E-state index in [2.05, 4.69) is 20.2 Å². The van der Waals surface area contributed by atoms with Crippen LogP contribution >= 0.6 is 11.3 Å². The number of carbonyl (C=O) groups excluding carboxylic acids is 2. The Morgan fingerprint density at radius 3 is 3.09 bits per heavy atom. The van der Waals surface area contributed by atoms with Crippen LogP contribution in [0.25, 0.3) is 11.4 Å². The molecule has 0 aliphatic carbocycles. The molecule has 0 bridgehead atoms. The molecule has 122 valence electrons. The third-order valence-electron chi connectivity index (χ3n) is 2.90. The van der Waals surface area contributed by atoms with E-state index >= 15 is 0 Å². The number of hydrogen-bond donors (Lipinski definition) is 1. The zero-order valence-electron chi connectivity index (χ0n) is 12.7. The highest BCUT2D eigenvalue weighted by atomic mass is 32.1. The first-order valence-electron chi connectivity index (χ1n) is 7.05. The number of hydrogen-bond acceptors (Lipinski definition) is 7. The van der Waals surface area contributed by atoms with Gasteiger partial charge in [0.15, 0.2) is 0 Å². The Labute approximate surface area is 137 Å². The van der Waals surface area contributed by atoms with Gasteiger partial charge < -0.3 is 14.6 Å². The number of methoxy groups -OCH3 is 1.